The summed E-state index contributed by atoms with van der Waals surface area (Å²) in [5, 5.41) is 13.0. The number of carbonyl (C=O) groups is 1. The van der Waals surface area contributed by atoms with Crippen molar-refractivity contribution in [1.29, 1.82) is 0 Å². The summed E-state index contributed by atoms with van der Waals surface area (Å²) in [5.41, 5.74) is 2.17. The zero-order valence-corrected chi connectivity index (χ0v) is 11.7. The molecule has 19 heavy (non-hydrogen) atoms. The van der Waals surface area contributed by atoms with Crippen LogP contribution in [-0.4, -0.2) is 23.6 Å². The van der Waals surface area contributed by atoms with Gasteiger partial charge in [-0.3, -0.25) is 4.79 Å². The summed E-state index contributed by atoms with van der Waals surface area (Å²) >= 11 is 6.32. The third kappa shape index (κ3) is 1.99. The molecule has 5 heteroatoms. The standard InChI is InChI=1S/C14H17ClN2O2/c1-7-3-8(2)17(6-7)12-5-11-9(4-10(12)15)13(18)14(19)16-11/h4-5,7-8,13,18H,3,6H2,1-2H3,(H,16,19). The van der Waals surface area contributed by atoms with Crippen LogP contribution in [0.2, 0.25) is 5.02 Å². The van der Waals surface area contributed by atoms with Gasteiger partial charge in [-0.2, -0.15) is 0 Å². The fourth-order valence-corrected chi connectivity index (χ4v) is 3.39. The molecule has 0 aliphatic carbocycles. The van der Waals surface area contributed by atoms with Crippen LogP contribution in [0.4, 0.5) is 11.4 Å². The zero-order valence-electron chi connectivity index (χ0n) is 11.0. The van der Waals surface area contributed by atoms with Crippen LogP contribution in [0.1, 0.15) is 31.9 Å². The maximum absolute atomic E-state index is 11.5. The molecule has 2 aliphatic rings. The molecule has 4 nitrogen and oxygen atoms in total. The number of halogens is 1. The van der Waals surface area contributed by atoms with Crippen molar-refractivity contribution in [1.82, 2.24) is 0 Å². The summed E-state index contributed by atoms with van der Waals surface area (Å²) in [6.07, 6.45) is 0.0408. The molecule has 1 saturated heterocycles. The predicted molar refractivity (Wildman–Crippen MR) is 75.6 cm³/mol. The lowest BCUT2D eigenvalue weighted by molar-refractivity contribution is -0.123. The Morgan fingerprint density at radius 3 is 2.79 bits per heavy atom. The quantitative estimate of drug-likeness (QED) is 0.831. The Morgan fingerprint density at radius 2 is 2.16 bits per heavy atom. The van der Waals surface area contributed by atoms with E-state index >= 15 is 0 Å². The number of nitrogens with one attached hydrogen (secondary N) is 1. The molecule has 3 rings (SSSR count). The molecule has 1 aromatic rings. The number of anilines is 2. The van der Waals surface area contributed by atoms with Crippen LogP contribution in [-0.2, 0) is 4.79 Å². The van der Waals surface area contributed by atoms with Crippen molar-refractivity contribution >= 4 is 28.9 Å². The van der Waals surface area contributed by atoms with Gasteiger partial charge in [0.2, 0.25) is 0 Å². The minimum Gasteiger partial charge on any atom is -0.378 e. The zero-order chi connectivity index (χ0) is 13.7. The number of aliphatic hydroxyl groups excluding tert-OH is 1. The molecule has 0 spiro atoms. The number of hydrogen-bond donors (Lipinski definition) is 2. The molecule has 0 aromatic heterocycles. The average Bonchev–Trinajstić information content (AvgIpc) is 2.81. The lowest BCUT2D eigenvalue weighted by Crippen LogP contribution is -2.27. The smallest absolute Gasteiger partial charge is 0.257 e. The number of amides is 1. The van der Waals surface area contributed by atoms with Gasteiger partial charge in [-0.25, -0.2) is 0 Å². The van der Waals surface area contributed by atoms with E-state index in [0.717, 1.165) is 18.7 Å². The largest absolute Gasteiger partial charge is 0.378 e. The summed E-state index contributed by atoms with van der Waals surface area (Å²) in [5.74, 6) is 0.255. The highest BCUT2D eigenvalue weighted by molar-refractivity contribution is 6.33. The minimum atomic E-state index is -1.10. The van der Waals surface area contributed by atoms with Gasteiger partial charge in [-0.1, -0.05) is 18.5 Å². The van der Waals surface area contributed by atoms with Crippen LogP contribution in [0.5, 0.6) is 0 Å². The van der Waals surface area contributed by atoms with Gasteiger partial charge in [0.1, 0.15) is 0 Å². The summed E-state index contributed by atoms with van der Waals surface area (Å²) in [6.45, 7) is 5.37. The van der Waals surface area contributed by atoms with Crippen molar-refractivity contribution in [3.05, 3.63) is 22.7 Å². The van der Waals surface area contributed by atoms with E-state index in [1.165, 1.54) is 0 Å². The fraction of sp³-hybridized carbons (Fsp3) is 0.500. The Labute approximate surface area is 117 Å². The van der Waals surface area contributed by atoms with Crippen LogP contribution >= 0.6 is 11.6 Å². The molecule has 2 heterocycles. The summed E-state index contributed by atoms with van der Waals surface area (Å²) in [7, 11) is 0. The second-order valence-corrected chi connectivity index (χ2v) is 6.03. The topological polar surface area (TPSA) is 52.6 Å². The van der Waals surface area contributed by atoms with Crippen LogP contribution in [0.25, 0.3) is 0 Å². The summed E-state index contributed by atoms with van der Waals surface area (Å²) < 4.78 is 0. The molecule has 0 bridgehead atoms. The highest BCUT2D eigenvalue weighted by Gasteiger charge is 2.33. The van der Waals surface area contributed by atoms with Crippen LogP contribution in [0, 0.1) is 5.92 Å². The Kier molecular flexibility index (Phi) is 2.95. The van der Waals surface area contributed by atoms with Crippen molar-refractivity contribution in [2.24, 2.45) is 5.92 Å². The third-order valence-electron chi connectivity index (χ3n) is 4.01. The van der Waals surface area contributed by atoms with Gasteiger partial charge in [-0.15, -0.1) is 0 Å². The number of hydrogen-bond acceptors (Lipinski definition) is 3. The SMILES string of the molecule is CC1CC(C)N(c2cc3c(cc2Cl)C(O)C(=O)N3)C1. The van der Waals surface area contributed by atoms with E-state index in [1.807, 2.05) is 6.07 Å². The molecular formula is C14H17ClN2O2. The molecule has 0 saturated carbocycles. The van der Waals surface area contributed by atoms with Gasteiger partial charge in [0.05, 0.1) is 10.7 Å². The minimum absolute atomic E-state index is 0.383. The van der Waals surface area contributed by atoms with Crippen molar-refractivity contribution < 1.29 is 9.90 Å². The van der Waals surface area contributed by atoms with E-state index in [4.69, 9.17) is 11.6 Å². The lowest BCUT2D eigenvalue weighted by Gasteiger charge is -2.25. The molecule has 102 valence electrons. The van der Waals surface area contributed by atoms with E-state index in [9.17, 15) is 9.90 Å². The first-order valence-electron chi connectivity index (χ1n) is 6.56. The molecule has 3 unspecified atom stereocenters. The highest BCUT2D eigenvalue weighted by Crippen LogP contribution is 2.41. The Hall–Kier alpha value is -1.26. The normalized spacial score (nSPS) is 29.6. The third-order valence-corrected chi connectivity index (χ3v) is 4.32. The van der Waals surface area contributed by atoms with Crippen molar-refractivity contribution in [2.75, 3.05) is 16.8 Å². The highest BCUT2D eigenvalue weighted by atomic mass is 35.5. The summed E-state index contributed by atoms with van der Waals surface area (Å²) in [4.78, 5) is 13.7. The molecule has 3 atom stereocenters. The van der Waals surface area contributed by atoms with E-state index in [1.54, 1.807) is 6.07 Å². The number of rotatable bonds is 1. The number of nitrogens with zero attached hydrogens (tertiary/aromatic N) is 1. The molecular weight excluding hydrogens is 264 g/mol. The average molecular weight is 281 g/mol. The van der Waals surface area contributed by atoms with Gasteiger partial charge in [0, 0.05) is 23.8 Å². The van der Waals surface area contributed by atoms with E-state index < -0.39 is 6.10 Å². The van der Waals surface area contributed by atoms with Gasteiger partial charge in [0.15, 0.2) is 6.10 Å². The lowest BCUT2D eigenvalue weighted by atomic mass is 10.1. The van der Waals surface area contributed by atoms with Gasteiger partial charge in [0.25, 0.3) is 5.91 Å². The molecule has 2 aliphatic heterocycles. The van der Waals surface area contributed by atoms with E-state index in [2.05, 4.69) is 24.1 Å². The molecule has 1 fully saturated rings. The van der Waals surface area contributed by atoms with E-state index in [0.29, 0.717) is 28.2 Å². The first-order chi connectivity index (χ1) is 8.97. The second kappa shape index (κ2) is 4.39. The Balaban J connectivity index is 2.01. The Morgan fingerprint density at radius 1 is 1.42 bits per heavy atom. The number of benzene rings is 1. The van der Waals surface area contributed by atoms with Crippen molar-refractivity contribution in [3.8, 4) is 0 Å². The number of fused-ring (bicyclic) bond motifs is 1. The molecule has 0 radical (unpaired) electrons. The van der Waals surface area contributed by atoms with E-state index in [-0.39, 0.29) is 5.91 Å². The van der Waals surface area contributed by atoms with Gasteiger partial charge >= 0.3 is 0 Å². The van der Waals surface area contributed by atoms with Crippen molar-refractivity contribution in [3.63, 3.8) is 0 Å². The molecule has 1 aromatic carbocycles. The fourth-order valence-electron chi connectivity index (χ4n) is 3.11. The first-order valence-corrected chi connectivity index (χ1v) is 6.94. The molecule has 1 amide bonds. The van der Waals surface area contributed by atoms with Crippen molar-refractivity contribution in [2.45, 2.75) is 32.4 Å². The number of carbonyl (C=O) groups excluding carboxylic acids is 1. The predicted octanol–water partition coefficient (Wildman–Crippen LogP) is 2.56. The van der Waals surface area contributed by atoms with Gasteiger partial charge < -0.3 is 15.3 Å². The molecule has 2 N–H and O–H groups in total. The summed E-state index contributed by atoms with van der Waals surface area (Å²) in [6, 6.07) is 4.01. The maximum atomic E-state index is 11.5. The second-order valence-electron chi connectivity index (χ2n) is 5.62. The maximum Gasteiger partial charge on any atom is 0.257 e. The Bertz CT molecular complexity index is 546. The monoisotopic (exact) mass is 280 g/mol. The van der Waals surface area contributed by atoms with Crippen LogP contribution in [0.3, 0.4) is 0 Å². The number of aliphatic hydroxyl groups is 1. The van der Waals surface area contributed by atoms with Gasteiger partial charge in [-0.05, 0) is 31.4 Å². The van der Waals surface area contributed by atoms with Crippen LogP contribution < -0.4 is 10.2 Å². The first kappa shape index (κ1) is 12.8. The van der Waals surface area contributed by atoms with Crippen LogP contribution in [0.15, 0.2) is 12.1 Å².